The molecule has 1 N–H and O–H groups in total. The fourth-order valence-electron chi connectivity index (χ4n) is 4.46. The third-order valence-electron chi connectivity index (χ3n) is 6.14. The predicted octanol–water partition coefficient (Wildman–Crippen LogP) is 5.41. The minimum atomic E-state index is -0.478. The highest BCUT2D eigenvalue weighted by Crippen LogP contribution is 2.42. The number of amides is 1. The molecule has 0 spiro atoms. The van der Waals surface area contributed by atoms with Crippen LogP contribution in [0.25, 0.3) is 22.3 Å². The van der Waals surface area contributed by atoms with Gasteiger partial charge in [-0.05, 0) is 38.0 Å². The van der Waals surface area contributed by atoms with Gasteiger partial charge in [-0.3, -0.25) is 14.5 Å². The molecule has 7 nitrogen and oxygen atoms in total. The number of benzene rings is 2. The Balaban J connectivity index is 0.00000289. The summed E-state index contributed by atoms with van der Waals surface area (Å²) < 4.78 is 7.58. The molecule has 1 atom stereocenters. The van der Waals surface area contributed by atoms with Crippen LogP contribution in [0.4, 0.5) is 0 Å². The molecule has 0 saturated carbocycles. The molecular formula is C28H31N5O2. The number of rotatable bonds is 5. The van der Waals surface area contributed by atoms with Gasteiger partial charge in [0.05, 0.1) is 29.6 Å². The average Bonchev–Trinajstić information content (AvgIpc) is 3.39. The number of nitrogens with zero attached hydrogens (tertiary/aromatic N) is 4. The van der Waals surface area contributed by atoms with Gasteiger partial charge >= 0.3 is 0 Å². The number of aryl methyl sites for hydroxylation is 3. The van der Waals surface area contributed by atoms with Crippen molar-refractivity contribution in [2.75, 3.05) is 6.54 Å². The minimum Gasteiger partial charge on any atom is -0.358 e. The van der Waals surface area contributed by atoms with Gasteiger partial charge in [0, 0.05) is 36.5 Å². The van der Waals surface area contributed by atoms with E-state index in [0.29, 0.717) is 12.3 Å². The molecule has 0 radical (unpaired) electrons. The molecule has 7 heteroatoms. The summed E-state index contributed by atoms with van der Waals surface area (Å²) >= 11 is 0. The third kappa shape index (κ3) is 4.54. The summed E-state index contributed by atoms with van der Waals surface area (Å²) in [7, 11) is 1.91. The predicted molar refractivity (Wildman–Crippen MR) is 138 cm³/mol. The minimum absolute atomic E-state index is 0. The summed E-state index contributed by atoms with van der Waals surface area (Å²) in [6.45, 7) is 6.47. The summed E-state index contributed by atoms with van der Waals surface area (Å²) in [4.78, 5) is 17.7. The van der Waals surface area contributed by atoms with E-state index in [1.807, 2.05) is 33.3 Å². The van der Waals surface area contributed by atoms with E-state index in [2.05, 4.69) is 65.0 Å². The average molecular weight is 470 g/mol. The molecule has 5 rings (SSSR count). The van der Waals surface area contributed by atoms with E-state index in [-0.39, 0.29) is 19.8 Å². The van der Waals surface area contributed by atoms with Crippen LogP contribution >= 0.6 is 0 Å². The summed E-state index contributed by atoms with van der Waals surface area (Å²) in [5, 5.41) is 11.5. The molecule has 4 aromatic rings. The zero-order chi connectivity index (χ0) is 23.8. The quantitative estimate of drug-likeness (QED) is 0.423. The Bertz CT molecular complexity index is 1400. The van der Waals surface area contributed by atoms with Crippen molar-refractivity contribution >= 4 is 11.6 Å². The Labute approximate surface area is 205 Å². The second-order valence-corrected chi connectivity index (χ2v) is 8.69. The van der Waals surface area contributed by atoms with Gasteiger partial charge in [0.1, 0.15) is 6.04 Å². The van der Waals surface area contributed by atoms with Crippen LogP contribution in [-0.4, -0.2) is 33.1 Å². The van der Waals surface area contributed by atoms with Crippen LogP contribution in [0.1, 0.15) is 55.0 Å². The molecule has 1 aliphatic rings. The van der Waals surface area contributed by atoms with Gasteiger partial charge in [-0.15, -0.1) is 0 Å². The molecule has 0 aliphatic carbocycles. The van der Waals surface area contributed by atoms with Crippen LogP contribution in [0.15, 0.2) is 64.4 Å². The van der Waals surface area contributed by atoms with Crippen molar-refractivity contribution < 1.29 is 9.32 Å². The smallest absolute Gasteiger partial charge is 0.222 e. The maximum Gasteiger partial charge on any atom is 0.222 e. The zero-order valence-corrected chi connectivity index (χ0v) is 19.8. The van der Waals surface area contributed by atoms with E-state index >= 15 is 0 Å². The Kier molecular flexibility index (Phi) is 6.69. The first-order chi connectivity index (χ1) is 16.4. The summed E-state index contributed by atoms with van der Waals surface area (Å²) in [5.74, 6) is 0.558. The number of nitrogens with one attached hydrogen (secondary N) is 1. The van der Waals surface area contributed by atoms with E-state index < -0.39 is 6.04 Å². The Morgan fingerprint density at radius 2 is 1.80 bits per heavy atom. The summed E-state index contributed by atoms with van der Waals surface area (Å²) in [6.07, 6.45) is 4.04. The second-order valence-electron chi connectivity index (χ2n) is 8.69. The van der Waals surface area contributed by atoms with Gasteiger partial charge in [0.25, 0.3) is 0 Å². The molecule has 0 fully saturated rings. The number of hydrogen-bond donors (Lipinski definition) is 1. The standard InChI is InChI=1S/C27H27N5O2.CH4/c1-5-28-24(33)13-23-27-25(17(3)31-34-27)21-11-10-19(20-14-29-32(4)15-20)12-22(21)26(30-23)18-8-6-16(2)7-9-18;/h6-12,14-15,23H,5,13H2,1-4H3,(H,28,33);1H4/t23-;/m0./s1. The van der Waals surface area contributed by atoms with Crippen LogP contribution < -0.4 is 5.32 Å². The maximum absolute atomic E-state index is 12.6. The second kappa shape index (κ2) is 9.70. The number of aliphatic imine (C=N–C) groups is 1. The fraction of sp³-hybridized carbons (Fsp3) is 0.286. The van der Waals surface area contributed by atoms with Crippen molar-refractivity contribution in [3.63, 3.8) is 0 Å². The lowest BCUT2D eigenvalue weighted by Gasteiger charge is -2.13. The third-order valence-corrected chi connectivity index (χ3v) is 6.14. The zero-order valence-electron chi connectivity index (χ0n) is 19.8. The first-order valence-electron chi connectivity index (χ1n) is 11.5. The van der Waals surface area contributed by atoms with E-state index in [1.54, 1.807) is 4.68 Å². The van der Waals surface area contributed by atoms with Crippen molar-refractivity contribution in [1.29, 1.82) is 0 Å². The number of aromatic nitrogens is 3. The molecule has 2 aromatic heterocycles. The molecular weight excluding hydrogens is 438 g/mol. The normalized spacial score (nSPS) is 14.3. The van der Waals surface area contributed by atoms with Crippen LogP contribution in [-0.2, 0) is 11.8 Å². The highest BCUT2D eigenvalue weighted by molar-refractivity contribution is 6.17. The molecule has 35 heavy (non-hydrogen) atoms. The first kappa shape index (κ1) is 24.1. The van der Waals surface area contributed by atoms with Gasteiger partial charge in [-0.2, -0.15) is 5.10 Å². The van der Waals surface area contributed by atoms with Crippen molar-refractivity contribution in [2.45, 2.75) is 40.7 Å². The van der Waals surface area contributed by atoms with Crippen LogP contribution in [0.2, 0.25) is 0 Å². The van der Waals surface area contributed by atoms with Gasteiger partial charge in [0.2, 0.25) is 5.91 Å². The molecule has 0 saturated heterocycles. The van der Waals surface area contributed by atoms with E-state index in [1.165, 1.54) is 5.56 Å². The molecule has 180 valence electrons. The van der Waals surface area contributed by atoms with Gasteiger partial charge in [-0.25, -0.2) is 0 Å². The molecule has 2 aromatic carbocycles. The number of carbonyl (C=O) groups is 1. The SMILES string of the molecule is C.CCNC(=O)C[C@@H]1N=C(c2ccc(C)cc2)c2cc(-c3cnn(C)c3)ccc2-c2c(C)noc21. The Morgan fingerprint density at radius 3 is 2.49 bits per heavy atom. The van der Waals surface area contributed by atoms with E-state index in [4.69, 9.17) is 9.52 Å². The summed E-state index contributed by atoms with van der Waals surface area (Å²) in [5.41, 5.74) is 8.75. The molecule has 0 unspecified atom stereocenters. The van der Waals surface area contributed by atoms with E-state index in [0.717, 1.165) is 44.8 Å². The summed E-state index contributed by atoms with van der Waals surface area (Å²) in [6, 6.07) is 14.2. The number of hydrogen-bond acceptors (Lipinski definition) is 5. The van der Waals surface area contributed by atoms with Crippen LogP contribution in [0.5, 0.6) is 0 Å². The van der Waals surface area contributed by atoms with Crippen molar-refractivity contribution in [2.24, 2.45) is 12.0 Å². The largest absolute Gasteiger partial charge is 0.358 e. The fourth-order valence-corrected chi connectivity index (χ4v) is 4.46. The van der Waals surface area contributed by atoms with E-state index in [9.17, 15) is 4.79 Å². The monoisotopic (exact) mass is 469 g/mol. The van der Waals surface area contributed by atoms with Crippen molar-refractivity contribution in [1.82, 2.24) is 20.3 Å². The molecule has 1 aliphatic heterocycles. The van der Waals surface area contributed by atoms with Crippen molar-refractivity contribution in [3.05, 3.63) is 83.0 Å². The van der Waals surface area contributed by atoms with Crippen molar-refractivity contribution in [3.8, 4) is 22.3 Å². The molecule has 0 bridgehead atoms. The van der Waals surface area contributed by atoms with Crippen LogP contribution in [0.3, 0.4) is 0 Å². The van der Waals surface area contributed by atoms with Gasteiger partial charge in [0.15, 0.2) is 5.76 Å². The first-order valence-corrected chi connectivity index (χ1v) is 11.5. The van der Waals surface area contributed by atoms with Gasteiger partial charge < -0.3 is 9.84 Å². The molecule has 3 heterocycles. The Morgan fingerprint density at radius 1 is 1.06 bits per heavy atom. The number of fused-ring (bicyclic) bond motifs is 3. The highest BCUT2D eigenvalue weighted by atomic mass is 16.5. The number of carbonyl (C=O) groups excluding carboxylic acids is 1. The maximum atomic E-state index is 12.6. The van der Waals surface area contributed by atoms with Crippen LogP contribution in [0, 0.1) is 13.8 Å². The lowest BCUT2D eigenvalue weighted by Crippen LogP contribution is -2.24. The lowest BCUT2D eigenvalue weighted by molar-refractivity contribution is -0.121. The highest BCUT2D eigenvalue weighted by Gasteiger charge is 2.31. The van der Waals surface area contributed by atoms with Gasteiger partial charge in [-0.1, -0.05) is 54.5 Å². The molecule has 1 amide bonds. The lowest BCUT2D eigenvalue weighted by atomic mass is 9.90. The Hall–Kier alpha value is -4.00. The topological polar surface area (TPSA) is 85.3 Å².